The maximum absolute atomic E-state index is 12.3. The summed E-state index contributed by atoms with van der Waals surface area (Å²) in [7, 11) is -3.12. The molecule has 1 fully saturated rings. The van der Waals surface area contributed by atoms with Crippen LogP contribution >= 0.6 is 0 Å². The Bertz CT molecular complexity index is 761. The average Bonchev–Trinajstić information content (AvgIpc) is 3.04. The number of benzene rings is 1. The van der Waals surface area contributed by atoms with Gasteiger partial charge in [0.2, 0.25) is 10.0 Å². The van der Waals surface area contributed by atoms with Crippen molar-refractivity contribution in [3.63, 3.8) is 0 Å². The molecule has 1 aliphatic rings. The first kappa shape index (κ1) is 17.2. The van der Waals surface area contributed by atoms with Crippen LogP contribution in [0.4, 0.5) is 0 Å². The second-order valence-electron chi connectivity index (χ2n) is 6.71. The molecule has 3 rings (SSSR count). The fourth-order valence-electron chi connectivity index (χ4n) is 3.23. The van der Waals surface area contributed by atoms with E-state index in [9.17, 15) is 8.42 Å². The quantitative estimate of drug-likeness (QED) is 0.835. The molecule has 2 aromatic rings. The molecule has 0 amide bonds. The van der Waals surface area contributed by atoms with Crippen LogP contribution in [0.25, 0.3) is 11.4 Å². The van der Waals surface area contributed by atoms with Crippen LogP contribution in [0.1, 0.15) is 26.7 Å². The Kier molecular flexibility index (Phi) is 5.06. The summed E-state index contributed by atoms with van der Waals surface area (Å²) in [5.41, 5.74) is 1.11. The molecule has 0 bridgehead atoms. The van der Waals surface area contributed by atoms with Crippen molar-refractivity contribution in [1.82, 2.24) is 13.9 Å². The smallest absolute Gasteiger partial charge is 0.216 e. The zero-order chi connectivity index (χ0) is 17.2. The lowest BCUT2D eigenvalue weighted by molar-refractivity contribution is 0.252. The molecular formula is C18H25N3O2S. The minimum absolute atomic E-state index is 0.340. The van der Waals surface area contributed by atoms with Gasteiger partial charge in [0, 0.05) is 37.6 Å². The molecule has 1 aromatic heterocycles. The number of hydrogen-bond donors (Lipinski definition) is 0. The summed E-state index contributed by atoms with van der Waals surface area (Å²) in [6.07, 6.45) is 5.65. The average molecular weight is 347 g/mol. The Morgan fingerprint density at radius 3 is 2.46 bits per heavy atom. The molecule has 0 spiro atoms. The number of imidazole rings is 1. The Morgan fingerprint density at radius 2 is 1.83 bits per heavy atom. The Balaban J connectivity index is 1.65. The van der Waals surface area contributed by atoms with Gasteiger partial charge in [-0.05, 0) is 32.6 Å². The molecule has 2 heterocycles. The van der Waals surface area contributed by atoms with E-state index in [0.717, 1.165) is 30.8 Å². The second-order valence-corrected chi connectivity index (χ2v) is 9.19. The molecule has 1 aliphatic heterocycles. The lowest BCUT2D eigenvalue weighted by Crippen LogP contribution is -2.42. The third-order valence-corrected chi connectivity index (χ3v) is 7.01. The highest BCUT2D eigenvalue weighted by Gasteiger charge is 2.30. The predicted octanol–water partition coefficient (Wildman–Crippen LogP) is 3.00. The molecular weight excluding hydrogens is 322 g/mol. The van der Waals surface area contributed by atoms with Crippen LogP contribution in [0.2, 0.25) is 0 Å². The van der Waals surface area contributed by atoms with E-state index in [1.54, 1.807) is 18.2 Å². The highest BCUT2D eigenvalue weighted by Crippen LogP contribution is 2.25. The summed E-state index contributed by atoms with van der Waals surface area (Å²) < 4.78 is 28.4. The van der Waals surface area contributed by atoms with E-state index in [1.165, 1.54) is 0 Å². The molecule has 0 aliphatic carbocycles. The molecule has 0 N–H and O–H groups in total. The van der Waals surface area contributed by atoms with Crippen LogP contribution < -0.4 is 0 Å². The first-order valence-corrected chi connectivity index (χ1v) is 10.0. The van der Waals surface area contributed by atoms with Crippen molar-refractivity contribution < 1.29 is 8.42 Å². The van der Waals surface area contributed by atoms with Gasteiger partial charge in [-0.3, -0.25) is 0 Å². The fourth-order valence-corrected chi connectivity index (χ4v) is 4.54. The first-order valence-electron chi connectivity index (χ1n) is 8.54. The van der Waals surface area contributed by atoms with E-state index < -0.39 is 10.0 Å². The van der Waals surface area contributed by atoms with Gasteiger partial charge in [-0.2, -0.15) is 0 Å². The van der Waals surface area contributed by atoms with Gasteiger partial charge >= 0.3 is 0 Å². The van der Waals surface area contributed by atoms with Gasteiger partial charge in [-0.25, -0.2) is 17.7 Å². The van der Waals surface area contributed by atoms with E-state index >= 15 is 0 Å². The molecule has 24 heavy (non-hydrogen) atoms. The van der Waals surface area contributed by atoms with Gasteiger partial charge in [0.05, 0.1) is 5.25 Å². The van der Waals surface area contributed by atoms with E-state index in [-0.39, 0.29) is 5.25 Å². The minimum atomic E-state index is -3.12. The summed E-state index contributed by atoms with van der Waals surface area (Å²) in [6, 6.07) is 10.2. The van der Waals surface area contributed by atoms with E-state index in [0.29, 0.717) is 19.0 Å². The van der Waals surface area contributed by atoms with Gasteiger partial charge in [0.1, 0.15) is 5.82 Å². The van der Waals surface area contributed by atoms with Crippen molar-refractivity contribution in [3.8, 4) is 11.4 Å². The lowest BCUT2D eigenvalue weighted by Gasteiger charge is -2.32. The van der Waals surface area contributed by atoms with E-state index in [2.05, 4.69) is 21.7 Å². The predicted molar refractivity (Wildman–Crippen MR) is 96.0 cm³/mol. The van der Waals surface area contributed by atoms with E-state index in [4.69, 9.17) is 0 Å². The maximum Gasteiger partial charge on any atom is 0.216 e. The summed E-state index contributed by atoms with van der Waals surface area (Å²) in [5.74, 6) is 1.47. The van der Waals surface area contributed by atoms with Gasteiger partial charge in [-0.1, -0.05) is 30.3 Å². The SMILES string of the molecule is CC(C)S(=O)(=O)N1CCC(Cn2ccnc2-c2ccccc2)CC1. The van der Waals surface area contributed by atoms with Gasteiger partial charge in [0.15, 0.2) is 0 Å². The third kappa shape index (κ3) is 3.54. The third-order valence-electron chi connectivity index (χ3n) is 4.73. The molecule has 0 unspecified atom stereocenters. The van der Waals surface area contributed by atoms with Gasteiger partial charge in [0.25, 0.3) is 0 Å². The maximum atomic E-state index is 12.3. The van der Waals surface area contributed by atoms with Crippen LogP contribution in [-0.4, -0.2) is 40.6 Å². The zero-order valence-corrected chi connectivity index (χ0v) is 15.1. The van der Waals surface area contributed by atoms with Crippen LogP contribution in [-0.2, 0) is 16.6 Å². The zero-order valence-electron chi connectivity index (χ0n) is 14.3. The molecule has 1 aromatic carbocycles. The number of aromatic nitrogens is 2. The highest BCUT2D eigenvalue weighted by atomic mass is 32.2. The van der Waals surface area contributed by atoms with Crippen molar-refractivity contribution in [2.24, 2.45) is 5.92 Å². The number of hydrogen-bond acceptors (Lipinski definition) is 3. The first-order chi connectivity index (χ1) is 11.5. The molecule has 0 radical (unpaired) electrons. The monoisotopic (exact) mass is 347 g/mol. The topological polar surface area (TPSA) is 55.2 Å². The largest absolute Gasteiger partial charge is 0.331 e. The number of nitrogens with zero attached hydrogens (tertiary/aromatic N) is 3. The van der Waals surface area contributed by atoms with Crippen molar-refractivity contribution in [3.05, 3.63) is 42.7 Å². The van der Waals surface area contributed by atoms with Crippen LogP contribution in [0.5, 0.6) is 0 Å². The van der Waals surface area contributed by atoms with Crippen molar-refractivity contribution in [1.29, 1.82) is 0 Å². The minimum Gasteiger partial charge on any atom is -0.331 e. The van der Waals surface area contributed by atoms with Crippen molar-refractivity contribution in [2.45, 2.75) is 38.5 Å². The molecule has 130 valence electrons. The van der Waals surface area contributed by atoms with E-state index in [1.807, 2.05) is 30.6 Å². The normalized spacial score (nSPS) is 17.5. The summed E-state index contributed by atoms with van der Waals surface area (Å²) >= 11 is 0. The number of piperidine rings is 1. The standard InChI is InChI=1S/C18H25N3O2S/c1-15(2)24(22,23)21-11-8-16(9-12-21)14-20-13-10-19-18(20)17-6-4-3-5-7-17/h3-7,10,13,15-16H,8-9,11-12,14H2,1-2H3. The van der Waals surface area contributed by atoms with Crippen LogP contribution in [0.3, 0.4) is 0 Å². The Hall–Kier alpha value is -1.66. The van der Waals surface area contributed by atoms with Crippen molar-refractivity contribution in [2.75, 3.05) is 13.1 Å². The summed E-state index contributed by atoms with van der Waals surface area (Å²) in [6.45, 7) is 5.64. The molecule has 5 nitrogen and oxygen atoms in total. The molecule has 0 atom stereocenters. The number of rotatable bonds is 5. The number of sulfonamides is 1. The van der Waals surface area contributed by atoms with Crippen LogP contribution in [0, 0.1) is 5.92 Å². The molecule has 0 saturated carbocycles. The molecule has 1 saturated heterocycles. The summed E-state index contributed by atoms with van der Waals surface area (Å²) in [4.78, 5) is 4.49. The van der Waals surface area contributed by atoms with Crippen molar-refractivity contribution >= 4 is 10.0 Å². The summed E-state index contributed by atoms with van der Waals surface area (Å²) in [5, 5.41) is -0.340. The molecule has 6 heteroatoms. The van der Waals surface area contributed by atoms with Crippen LogP contribution in [0.15, 0.2) is 42.7 Å². The second kappa shape index (κ2) is 7.07. The Morgan fingerprint density at radius 1 is 1.17 bits per heavy atom. The fraction of sp³-hybridized carbons (Fsp3) is 0.500. The Labute approximate surface area is 144 Å². The van der Waals surface area contributed by atoms with Gasteiger partial charge < -0.3 is 4.57 Å². The van der Waals surface area contributed by atoms with Gasteiger partial charge in [-0.15, -0.1) is 0 Å². The highest BCUT2D eigenvalue weighted by molar-refractivity contribution is 7.89. The lowest BCUT2D eigenvalue weighted by atomic mass is 9.98.